The summed E-state index contributed by atoms with van der Waals surface area (Å²) in [4.78, 5) is 8.52. The van der Waals surface area contributed by atoms with E-state index in [9.17, 15) is 13.2 Å². The van der Waals surface area contributed by atoms with Gasteiger partial charge in [0.2, 0.25) is 0 Å². The van der Waals surface area contributed by atoms with E-state index >= 15 is 0 Å². The minimum absolute atomic E-state index is 0.196. The van der Waals surface area contributed by atoms with Crippen molar-refractivity contribution < 1.29 is 17.9 Å². The van der Waals surface area contributed by atoms with Gasteiger partial charge in [0.05, 0.1) is 0 Å². The van der Waals surface area contributed by atoms with Gasteiger partial charge in [-0.2, -0.15) is 0 Å². The van der Waals surface area contributed by atoms with Crippen LogP contribution in [0.15, 0.2) is 42.7 Å². The average Bonchev–Trinajstić information content (AvgIpc) is 2.39. The maximum atomic E-state index is 12.1. The van der Waals surface area contributed by atoms with Crippen LogP contribution in [0.4, 0.5) is 13.2 Å². The van der Waals surface area contributed by atoms with Crippen LogP contribution >= 0.6 is 0 Å². The summed E-state index contributed by atoms with van der Waals surface area (Å²) in [6.07, 6.45) is 0.742. The van der Waals surface area contributed by atoms with Crippen molar-refractivity contribution in [1.29, 1.82) is 0 Å². The van der Waals surface area contributed by atoms with Gasteiger partial charge < -0.3 is 4.74 Å². The third-order valence-corrected chi connectivity index (χ3v) is 3.73. The van der Waals surface area contributed by atoms with Crippen molar-refractivity contribution in [2.75, 3.05) is 0 Å². The predicted octanol–water partition coefficient (Wildman–Crippen LogP) is 4.04. The lowest BCUT2D eigenvalue weighted by molar-refractivity contribution is -0.274. The monoisotopic (exact) mass is 294 g/mol. The number of halogens is 3. The molecule has 6 heteroatoms. The van der Waals surface area contributed by atoms with Gasteiger partial charge in [-0.1, -0.05) is 12.1 Å². The fraction of sp³-hybridized carbons (Fsp3) is 0.333. The second kappa shape index (κ2) is 5.35. The number of benzene rings is 1. The Hall–Kier alpha value is -2.11. The zero-order valence-corrected chi connectivity index (χ0v) is 11.0. The molecule has 0 saturated heterocycles. The van der Waals surface area contributed by atoms with E-state index in [1.54, 1.807) is 30.6 Å². The Morgan fingerprint density at radius 1 is 0.952 bits per heavy atom. The van der Waals surface area contributed by atoms with Gasteiger partial charge in [-0.25, -0.2) is 9.97 Å². The van der Waals surface area contributed by atoms with Gasteiger partial charge in [0.15, 0.2) is 0 Å². The van der Waals surface area contributed by atoms with Crippen molar-refractivity contribution in [3.8, 4) is 5.75 Å². The van der Waals surface area contributed by atoms with Crippen LogP contribution in [-0.4, -0.2) is 16.3 Å². The Morgan fingerprint density at radius 2 is 1.57 bits per heavy atom. The number of rotatable bonds is 3. The third kappa shape index (κ3) is 3.15. The van der Waals surface area contributed by atoms with Crippen molar-refractivity contribution in [2.24, 2.45) is 0 Å². The lowest BCUT2D eigenvalue weighted by Gasteiger charge is -2.35. The van der Waals surface area contributed by atoms with E-state index in [4.69, 9.17) is 0 Å². The standard InChI is InChI=1S/C15H13F3N2O/c16-15(17,18)21-11-4-2-10(3-5-11)12-6-7-13(12)14-19-8-1-9-20-14/h1-5,8-9,12-13H,6-7H2. The van der Waals surface area contributed by atoms with Crippen LogP contribution < -0.4 is 4.74 Å². The van der Waals surface area contributed by atoms with Gasteiger partial charge in [0.25, 0.3) is 0 Å². The number of nitrogens with zero attached hydrogens (tertiary/aromatic N) is 2. The molecule has 2 aromatic rings. The van der Waals surface area contributed by atoms with Crippen LogP contribution in [0, 0.1) is 0 Å². The molecule has 3 rings (SSSR count). The summed E-state index contributed by atoms with van der Waals surface area (Å²) in [5.74, 6) is 1.09. The Bertz CT molecular complexity index is 599. The largest absolute Gasteiger partial charge is 0.573 e. The van der Waals surface area contributed by atoms with E-state index in [0.29, 0.717) is 0 Å². The summed E-state index contributed by atoms with van der Waals surface area (Å²) in [7, 11) is 0. The Labute approximate surface area is 119 Å². The molecule has 0 amide bonds. The molecule has 1 aliphatic carbocycles. The molecule has 1 heterocycles. The molecule has 1 saturated carbocycles. The fourth-order valence-corrected chi connectivity index (χ4v) is 2.63. The lowest BCUT2D eigenvalue weighted by atomic mass is 9.69. The van der Waals surface area contributed by atoms with Crippen LogP contribution in [-0.2, 0) is 0 Å². The highest BCUT2D eigenvalue weighted by Gasteiger charge is 2.35. The molecule has 3 nitrogen and oxygen atoms in total. The smallest absolute Gasteiger partial charge is 0.406 e. The first-order chi connectivity index (χ1) is 10.0. The van der Waals surface area contributed by atoms with Gasteiger partial charge in [0.1, 0.15) is 11.6 Å². The van der Waals surface area contributed by atoms with Crippen molar-refractivity contribution >= 4 is 0 Å². The van der Waals surface area contributed by atoms with Crippen molar-refractivity contribution in [2.45, 2.75) is 31.0 Å². The zero-order chi connectivity index (χ0) is 14.9. The Kier molecular flexibility index (Phi) is 3.53. The van der Waals surface area contributed by atoms with E-state index in [-0.39, 0.29) is 17.6 Å². The van der Waals surface area contributed by atoms with Crippen molar-refractivity contribution in [1.82, 2.24) is 9.97 Å². The van der Waals surface area contributed by atoms with E-state index in [1.807, 2.05) is 0 Å². The SMILES string of the molecule is FC(F)(F)Oc1ccc(C2CCC2c2ncccn2)cc1. The minimum atomic E-state index is -4.65. The highest BCUT2D eigenvalue weighted by molar-refractivity contribution is 5.33. The normalized spacial score (nSPS) is 21.7. The molecule has 21 heavy (non-hydrogen) atoms. The number of hydrogen-bond donors (Lipinski definition) is 0. The highest BCUT2D eigenvalue weighted by Crippen LogP contribution is 2.48. The number of alkyl halides is 3. The van der Waals surface area contributed by atoms with E-state index in [1.165, 1.54) is 12.1 Å². The van der Waals surface area contributed by atoms with E-state index in [0.717, 1.165) is 24.2 Å². The maximum absolute atomic E-state index is 12.1. The van der Waals surface area contributed by atoms with Crippen molar-refractivity contribution in [3.63, 3.8) is 0 Å². The minimum Gasteiger partial charge on any atom is -0.406 e. The Balaban J connectivity index is 1.73. The van der Waals surface area contributed by atoms with Gasteiger partial charge in [-0.3, -0.25) is 0 Å². The second-order valence-corrected chi connectivity index (χ2v) is 5.01. The first-order valence-electron chi connectivity index (χ1n) is 6.65. The molecule has 0 aliphatic heterocycles. The highest BCUT2D eigenvalue weighted by atomic mass is 19.4. The molecule has 110 valence electrons. The number of hydrogen-bond acceptors (Lipinski definition) is 3. The van der Waals surface area contributed by atoms with Gasteiger partial charge in [-0.05, 0) is 42.5 Å². The zero-order valence-electron chi connectivity index (χ0n) is 11.0. The molecule has 0 radical (unpaired) electrons. The summed E-state index contributed by atoms with van der Waals surface area (Å²) < 4.78 is 40.2. The summed E-state index contributed by atoms with van der Waals surface area (Å²) in [5.41, 5.74) is 0.994. The van der Waals surface area contributed by atoms with E-state index < -0.39 is 6.36 Å². The van der Waals surface area contributed by atoms with Crippen LogP contribution in [0.5, 0.6) is 5.75 Å². The summed E-state index contributed by atoms with van der Waals surface area (Å²) in [6, 6.07) is 7.83. The molecule has 2 atom stereocenters. The quantitative estimate of drug-likeness (QED) is 0.857. The average molecular weight is 294 g/mol. The molecule has 1 fully saturated rings. The summed E-state index contributed by atoms with van der Waals surface area (Å²) in [5, 5.41) is 0. The number of ether oxygens (including phenoxy) is 1. The molecular formula is C15H13F3N2O. The predicted molar refractivity (Wildman–Crippen MR) is 69.9 cm³/mol. The number of aromatic nitrogens is 2. The van der Waals surface area contributed by atoms with Gasteiger partial charge in [-0.15, -0.1) is 13.2 Å². The van der Waals surface area contributed by atoms with Gasteiger partial charge >= 0.3 is 6.36 Å². The first kappa shape index (κ1) is 13.9. The van der Waals surface area contributed by atoms with Crippen LogP contribution in [0.1, 0.15) is 36.1 Å². The molecule has 1 aliphatic rings. The fourth-order valence-electron chi connectivity index (χ4n) is 2.63. The molecular weight excluding hydrogens is 281 g/mol. The van der Waals surface area contributed by atoms with Crippen LogP contribution in [0.3, 0.4) is 0 Å². The lowest BCUT2D eigenvalue weighted by Crippen LogP contribution is -2.23. The molecule has 0 N–H and O–H groups in total. The molecule has 1 aromatic heterocycles. The summed E-state index contributed by atoms with van der Waals surface area (Å²) >= 11 is 0. The van der Waals surface area contributed by atoms with Crippen LogP contribution in [0.25, 0.3) is 0 Å². The molecule has 0 spiro atoms. The summed E-state index contributed by atoms with van der Waals surface area (Å²) in [6.45, 7) is 0. The van der Waals surface area contributed by atoms with E-state index in [2.05, 4.69) is 14.7 Å². The Morgan fingerprint density at radius 3 is 2.10 bits per heavy atom. The third-order valence-electron chi connectivity index (χ3n) is 3.73. The molecule has 1 aromatic carbocycles. The second-order valence-electron chi connectivity index (χ2n) is 5.01. The van der Waals surface area contributed by atoms with Gasteiger partial charge in [0, 0.05) is 18.3 Å². The topological polar surface area (TPSA) is 35.0 Å². The molecule has 2 unspecified atom stereocenters. The first-order valence-corrected chi connectivity index (χ1v) is 6.65. The van der Waals surface area contributed by atoms with Crippen LogP contribution in [0.2, 0.25) is 0 Å². The molecule has 0 bridgehead atoms. The maximum Gasteiger partial charge on any atom is 0.573 e. The van der Waals surface area contributed by atoms with Crippen molar-refractivity contribution in [3.05, 3.63) is 54.1 Å².